The highest BCUT2D eigenvalue weighted by Crippen LogP contribution is 2.35. The number of sulfonamides is 1. The monoisotopic (exact) mass is 399 g/mol. The topological polar surface area (TPSA) is 61.8 Å². The van der Waals surface area contributed by atoms with Crippen molar-refractivity contribution in [2.24, 2.45) is 4.99 Å². The molecular formula is C20H21N3O2S2. The number of nitrogens with zero attached hydrogens (tertiary/aromatic N) is 2. The van der Waals surface area contributed by atoms with Gasteiger partial charge in [0.15, 0.2) is 5.17 Å². The lowest BCUT2D eigenvalue weighted by molar-refractivity contribution is 0.600. The van der Waals surface area contributed by atoms with Crippen LogP contribution in [0.15, 0.2) is 51.7 Å². The summed E-state index contributed by atoms with van der Waals surface area (Å²) in [6.07, 6.45) is 0. The van der Waals surface area contributed by atoms with Crippen LogP contribution in [0.2, 0.25) is 0 Å². The Balaban J connectivity index is 1.58. The first-order chi connectivity index (χ1) is 12.8. The maximum atomic E-state index is 12.9. The first-order valence-corrected chi connectivity index (χ1v) is 11.1. The van der Waals surface area contributed by atoms with E-state index in [1.807, 2.05) is 57.2 Å². The van der Waals surface area contributed by atoms with Crippen molar-refractivity contribution in [3.05, 3.63) is 64.1 Å². The molecule has 2 heterocycles. The number of aliphatic imine (C=N–C) groups is 1. The van der Waals surface area contributed by atoms with Gasteiger partial charge in [-0.25, -0.2) is 8.42 Å². The van der Waals surface area contributed by atoms with E-state index in [1.54, 1.807) is 11.8 Å². The van der Waals surface area contributed by atoms with Gasteiger partial charge in [0.1, 0.15) is 0 Å². The number of anilines is 1. The molecule has 0 atom stereocenters. The summed E-state index contributed by atoms with van der Waals surface area (Å²) in [5.74, 6) is 0. The highest BCUT2D eigenvalue weighted by atomic mass is 32.2. The van der Waals surface area contributed by atoms with Crippen LogP contribution in [0.25, 0.3) is 5.70 Å². The molecule has 0 aromatic heterocycles. The van der Waals surface area contributed by atoms with Crippen LogP contribution in [0.5, 0.6) is 0 Å². The summed E-state index contributed by atoms with van der Waals surface area (Å²) < 4.78 is 28.5. The van der Waals surface area contributed by atoms with Crippen molar-refractivity contribution < 1.29 is 8.42 Å². The minimum atomic E-state index is -3.64. The van der Waals surface area contributed by atoms with Gasteiger partial charge in [-0.1, -0.05) is 41.6 Å². The van der Waals surface area contributed by atoms with Gasteiger partial charge in [0, 0.05) is 17.6 Å². The fourth-order valence-corrected chi connectivity index (χ4v) is 6.13. The number of hydrogen-bond donors (Lipinski definition) is 1. The van der Waals surface area contributed by atoms with Crippen molar-refractivity contribution in [1.82, 2.24) is 4.90 Å². The van der Waals surface area contributed by atoms with E-state index in [0.29, 0.717) is 10.6 Å². The molecular weight excluding hydrogens is 378 g/mol. The smallest absolute Gasteiger partial charge is 0.262 e. The van der Waals surface area contributed by atoms with Crippen LogP contribution in [-0.4, -0.2) is 31.6 Å². The second-order valence-corrected chi connectivity index (χ2v) is 9.30. The lowest BCUT2D eigenvalue weighted by Crippen LogP contribution is -2.20. The van der Waals surface area contributed by atoms with E-state index in [1.165, 1.54) is 0 Å². The van der Waals surface area contributed by atoms with Crippen molar-refractivity contribution in [2.45, 2.75) is 25.7 Å². The molecule has 5 nitrogen and oxygen atoms in total. The summed E-state index contributed by atoms with van der Waals surface area (Å²) in [6.45, 7) is 7.35. The van der Waals surface area contributed by atoms with E-state index in [0.717, 1.165) is 46.2 Å². The van der Waals surface area contributed by atoms with Gasteiger partial charge in [0.05, 0.1) is 17.1 Å². The van der Waals surface area contributed by atoms with Crippen LogP contribution in [-0.2, 0) is 10.0 Å². The largest absolute Gasteiger partial charge is 0.318 e. The molecule has 0 unspecified atom stereocenters. The number of benzene rings is 2. The van der Waals surface area contributed by atoms with Gasteiger partial charge in [0.2, 0.25) is 0 Å². The van der Waals surface area contributed by atoms with E-state index >= 15 is 0 Å². The van der Waals surface area contributed by atoms with E-state index < -0.39 is 10.0 Å². The molecule has 0 spiro atoms. The summed E-state index contributed by atoms with van der Waals surface area (Å²) >= 11 is 1.63. The molecule has 2 aliphatic heterocycles. The standard InChI is InChI=1S/C20H21N3O2S2/c1-13-10-14(2)19(15(3)11-13)27(24,25)22-17-6-4-16(5-7-17)18-12-26-20-21-8-9-23(18)20/h4-7,10-12,22H,8-9H2,1-3H3. The van der Waals surface area contributed by atoms with Gasteiger partial charge in [-0.05, 0) is 49.6 Å². The third kappa shape index (κ3) is 3.37. The molecule has 0 bridgehead atoms. The van der Waals surface area contributed by atoms with Crippen LogP contribution < -0.4 is 4.72 Å². The molecule has 0 saturated heterocycles. The Morgan fingerprint density at radius 2 is 1.74 bits per heavy atom. The summed E-state index contributed by atoms with van der Waals surface area (Å²) in [7, 11) is -3.64. The van der Waals surface area contributed by atoms with E-state index in [9.17, 15) is 8.42 Å². The van der Waals surface area contributed by atoms with Gasteiger partial charge in [-0.15, -0.1) is 0 Å². The van der Waals surface area contributed by atoms with Gasteiger partial charge in [-0.2, -0.15) is 0 Å². The molecule has 0 radical (unpaired) electrons. The van der Waals surface area contributed by atoms with Gasteiger partial charge in [-0.3, -0.25) is 9.71 Å². The Labute approximate surface area is 164 Å². The van der Waals surface area contributed by atoms with Crippen LogP contribution in [0, 0.1) is 20.8 Å². The second kappa shape index (κ2) is 6.73. The molecule has 2 aromatic carbocycles. The molecule has 0 saturated carbocycles. The number of rotatable bonds is 4. The molecule has 0 amide bonds. The average molecular weight is 400 g/mol. The first kappa shape index (κ1) is 18.1. The van der Waals surface area contributed by atoms with E-state index in [-0.39, 0.29) is 0 Å². The zero-order valence-corrected chi connectivity index (χ0v) is 17.1. The average Bonchev–Trinajstić information content (AvgIpc) is 3.17. The zero-order chi connectivity index (χ0) is 19.2. The van der Waals surface area contributed by atoms with Crippen molar-refractivity contribution in [1.29, 1.82) is 0 Å². The van der Waals surface area contributed by atoms with Crippen molar-refractivity contribution in [3.63, 3.8) is 0 Å². The lowest BCUT2D eigenvalue weighted by Gasteiger charge is -2.17. The second-order valence-electron chi connectivity index (χ2n) is 6.85. The minimum Gasteiger partial charge on any atom is -0.318 e. The van der Waals surface area contributed by atoms with Crippen LogP contribution in [0.1, 0.15) is 22.3 Å². The Hall–Kier alpha value is -2.25. The summed E-state index contributed by atoms with van der Waals surface area (Å²) in [5.41, 5.74) is 5.30. The highest BCUT2D eigenvalue weighted by Gasteiger charge is 2.27. The molecule has 7 heteroatoms. The maximum absolute atomic E-state index is 12.9. The Morgan fingerprint density at radius 3 is 2.41 bits per heavy atom. The van der Waals surface area contributed by atoms with Crippen LogP contribution in [0.4, 0.5) is 5.69 Å². The third-order valence-corrected chi connectivity index (χ3v) is 7.26. The molecule has 140 valence electrons. The Bertz CT molecular complexity index is 1050. The number of thioether (sulfide) groups is 1. The zero-order valence-electron chi connectivity index (χ0n) is 15.5. The molecule has 0 aliphatic carbocycles. The SMILES string of the molecule is Cc1cc(C)c(S(=O)(=O)Nc2ccc(C3=CSC4=NCCN34)cc2)c(C)c1. The predicted octanol–water partition coefficient (Wildman–Crippen LogP) is 4.13. The summed E-state index contributed by atoms with van der Waals surface area (Å²) in [5, 5.41) is 3.14. The number of amidine groups is 1. The molecule has 1 N–H and O–H groups in total. The van der Waals surface area contributed by atoms with E-state index in [2.05, 4.69) is 20.0 Å². The van der Waals surface area contributed by atoms with Crippen LogP contribution in [0.3, 0.4) is 0 Å². The predicted molar refractivity (Wildman–Crippen MR) is 112 cm³/mol. The molecule has 4 rings (SSSR count). The fourth-order valence-electron chi connectivity index (χ4n) is 3.65. The lowest BCUT2D eigenvalue weighted by atomic mass is 10.1. The molecule has 2 aliphatic rings. The normalized spacial score (nSPS) is 16.2. The molecule has 0 fully saturated rings. The summed E-state index contributed by atoms with van der Waals surface area (Å²) in [4.78, 5) is 7.01. The Morgan fingerprint density at radius 1 is 1.07 bits per heavy atom. The van der Waals surface area contributed by atoms with Crippen molar-refractivity contribution >= 4 is 38.3 Å². The minimum absolute atomic E-state index is 0.352. The van der Waals surface area contributed by atoms with Gasteiger partial charge < -0.3 is 4.90 Å². The van der Waals surface area contributed by atoms with Gasteiger partial charge >= 0.3 is 0 Å². The maximum Gasteiger partial charge on any atom is 0.262 e. The van der Waals surface area contributed by atoms with E-state index in [4.69, 9.17) is 0 Å². The highest BCUT2D eigenvalue weighted by molar-refractivity contribution is 8.16. The number of nitrogens with one attached hydrogen (secondary N) is 1. The molecule has 27 heavy (non-hydrogen) atoms. The number of fused-ring (bicyclic) bond motifs is 1. The molecule has 2 aromatic rings. The number of hydrogen-bond acceptors (Lipinski definition) is 5. The fraction of sp³-hybridized carbons (Fsp3) is 0.250. The first-order valence-electron chi connectivity index (χ1n) is 8.75. The van der Waals surface area contributed by atoms with Crippen molar-refractivity contribution in [3.8, 4) is 0 Å². The van der Waals surface area contributed by atoms with Crippen molar-refractivity contribution in [2.75, 3.05) is 17.8 Å². The third-order valence-electron chi connectivity index (χ3n) is 4.67. The quantitative estimate of drug-likeness (QED) is 0.840. The Kier molecular flexibility index (Phi) is 4.52. The summed E-state index contributed by atoms with van der Waals surface area (Å²) in [6, 6.07) is 11.3. The number of aryl methyl sites for hydroxylation is 3. The van der Waals surface area contributed by atoms with Gasteiger partial charge in [0.25, 0.3) is 10.0 Å². The van der Waals surface area contributed by atoms with Crippen LogP contribution >= 0.6 is 11.8 Å².